The Kier molecular flexibility index (Phi) is 5.04. The molecule has 100 valence electrons. The van der Waals surface area contributed by atoms with Crippen LogP contribution >= 0.6 is 11.6 Å². The van der Waals surface area contributed by atoms with Gasteiger partial charge in [-0.2, -0.15) is 0 Å². The minimum Gasteiger partial charge on any atom is -0.314 e. The molecule has 0 fully saturated rings. The van der Waals surface area contributed by atoms with E-state index in [0.717, 1.165) is 18.7 Å². The minimum atomic E-state index is -0.632. The van der Waals surface area contributed by atoms with Crippen molar-refractivity contribution in [3.05, 3.63) is 38.7 Å². The monoisotopic (exact) mass is 274 g/mol. The average molecular weight is 275 g/mol. The molecule has 0 aliphatic heterocycles. The molecule has 0 saturated heterocycles. The zero-order valence-electron chi connectivity index (χ0n) is 10.5. The normalized spacial score (nSPS) is 14.3. The van der Waals surface area contributed by atoms with Crippen molar-refractivity contribution in [2.24, 2.45) is 0 Å². The molecule has 6 heteroatoms. The Morgan fingerprint density at radius 1 is 1.50 bits per heavy atom. The fourth-order valence-electron chi connectivity index (χ4n) is 1.84. The number of benzene rings is 1. The number of nitro benzene ring substituents is 1. The highest BCUT2D eigenvalue weighted by molar-refractivity contribution is 6.31. The standard InChI is InChI=1S/C12H16ClFN2O2/c1-4-15-8(3)7(2)9-5-11(14)10(13)6-12(9)16(17)18/h5-8,15H,4H2,1-3H3. The summed E-state index contributed by atoms with van der Waals surface area (Å²) in [6.07, 6.45) is 0. The van der Waals surface area contributed by atoms with Crippen molar-refractivity contribution >= 4 is 17.3 Å². The highest BCUT2D eigenvalue weighted by atomic mass is 35.5. The van der Waals surface area contributed by atoms with E-state index in [9.17, 15) is 14.5 Å². The van der Waals surface area contributed by atoms with Crippen LogP contribution in [0.25, 0.3) is 0 Å². The zero-order chi connectivity index (χ0) is 13.9. The third kappa shape index (κ3) is 3.17. The number of halogens is 2. The second-order valence-corrected chi connectivity index (χ2v) is 4.62. The van der Waals surface area contributed by atoms with E-state index in [1.54, 1.807) is 0 Å². The first-order valence-electron chi connectivity index (χ1n) is 5.75. The van der Waals surface area contributed by atoms with Crippen LogP contribution in [-0.4, -0.2) is 17.5 Å². The Labute approximate surface area is 110 Å². The Morgan fingerprint density at radius 3 is 2.61 bits per heavy atom. The number of likely N-dealkylation sites (N-methyl/N-ethyl adjacent to an activating group) is 1. The molecule has 0 spiro atoms. The predicted octanol–water partition coefficient (Wildman–Crippen LogP) is 3.49. The van der Waals surface area contributed by atoms with Crippen molar-refractivity contribution in [2.45, 2.75) is 32.7 Å². The molecule has 0 bridgehead atoms. The third-order valence-electron chi connectivity index (χ3n) is 3.03. The van der Waals surface area contributed by atoms with Crippen LogP contribution in [0.15, 0.2) is 12.1 Å². The van der Waals surface area contributed by atoms with Crippen LogP contribution in [0.3, 0.4) is 0 Å². The number of rotatable bonds is 5. The van der Waals surface area contributed by atoms with E-state index < -0.39 is 10.7 Å². The van der Waals surface area contributed by atoms with E-state index in [-0.39, 0.29) is 22.7 Å². The van der Waals surface area contributed by atoms with E-state index in [1.165, 1.54) is 0 Å². The molecule has 18 heavy (non-hydrogen) atoms. The lowest BCUT2D eigenvalue weighted by Gasteiger charge is -2.21. The van der Waals surface area contributed by atoms with Gasteiger partial charge in [0.05, 0.1) is 9.95 Å². The van der Waals surface area contributed by atoms with Crippen LogP contribution in [0.5, 0.6) is 0 Å². The summed E-state index contributed by atoms with van der Waals surface area (Å²) in [6, 6.07) is 2.23. The number of nitro groups is 1. The maximum atomic E-state index is 13.5. The first-order chi connectivity index (χ1) is 8.38. The van der Waals surface area contributed by atoms with Crippen molar-refractivity contribution < 1.29 is 9.31 Å². The van der Waals surface area contributed by atoms with Gasteiger partial charge >= 0.3 is 0 Å². The molecule has 0 amide bonds. The second kappa shape index (κ2) is 6.11. The van der Waals surface area contributed by atoms with Gasteiger partial charge in [-0.3, -0.25) is 10.1 Å². The molecule has 0 aromatic heterocycles. The van der Waals surface area contributed by atoms with E-state index in [4.69, 9.17) is 11.6 Å². The molecule has 1 aromatic rings. The predicted molar refractivity (Wildman–Crippen MR) is 69.6 cm³/mol. The van der Waals surface area contributed by atoms with Crippen molar-refractivity contribution in [3.8, 4) is 0 Å². The van der Waals surface area contributed by atoms with Gasteiger partial charge in [-0.15, -0.1) is 0 Å². The Bertz CT molecular complexity index is 454. The van der Waals surface area contributed by atoms with E-state index in [1.807, 2.05) is 20.8 Å². The fourth-order valence-corrected chi connectivity index (χ4v) is 2.00. The minimum absolute atomic E-state index is 0.00859. The lowest BCUT2D eigenvalue weighted by atomic mass is 9.93. The van der Waals surface area contributed by atoms with Crippen molar-refractivity contribution in [2.75, 3.05) is 6.54 Å². The van der Waals surface area contributed by atoms with E-state index >= 15 is 0 Å². The van der Waals surface area contributed by atoms with Gasteiger partial charge in [-0.05, 0) is 19.5 Å². The molecule has 1 aromatic carbocycles. The van der Waals surface area contributed by atoms with Crippen LogP contribution < -0.4 is 5.32 Å². The number of hydrogen-bond acceptors (Lipinski definition) is 3. The van der Waals surface area contributed by atoms with Crippen LogP contribution in [0.1, 0.15) is 32.3 Å². The number of nitrogens with one attached hydrogen (secondary N) is 1. The smallest absolute Gasteiger partial charge is 0.274 e. The third-order valence-corrected chi connectivity index (χ3v) is 3.32. The highest BCUT2D eigenvalue weighted by Crippen LogP contribution is 2.32. The largest absolute Gasteiger partial charge is 0.314 e. The number of nitrogens with zero attached hydrogens (tertiary/aromatic N) is 1. The van der Waals surface area contributed by atoms with Crippen molar-refractivity contribution in [1.29, 1.82) is 0 Å². The molecule has 0 radical (unpaired) electrons. The summed E-state index contributed by atoms with van der Waals surface area (Å²) >= 11 is 5.58. The van der Waals surface area contributed by atoms with Crippen molar-refractivity contribution in [1.82, 2.24) is 5.32 Å². The molecule has 1 rings (SSSR count). The van der Waals surface area contributed by atoms with Gasteiger partial charge in [0.25, 0.3) is 5.69 Å². The van der Waals surface area contributed by atoms with Gasteiger partial charge in [0.2, 0.25) is 0 Å². The molecular formula is C12H16ClFN2O2. The van der Waals surface area contributed by atoms with Gasteiger partial charge < -0.3 is 5.32 Å². The lowest BCUT2D eigenvalue weighted by molar-refractivity contribution is -0.385. The summed E-state index contributed by atoms with van der Waals surface area (Å²) < 4.78 is 13.5. The topological polar surface area (TPSA) is 55.2 Å². The number of hydrogen-bond donors (Lipinski definition) is 1. The van der Waals surface area contributed by atoms with Gasteiger partial charge in [0.15, 0.2) is 0 Å². The summed E-state index contributed by atoms with van der Waals surface area (Å²) in [5.74, 6) is -0.815. The van der Waals surface area contributed by atoms with Crippen LogP contribution in [0, 0.1) is 15.9 Å². The average Bonchev–Trinajstić information content (AvgIpc) is 2.31. The van der Waals surface area contributed by atoms with Gasteiger partial charge in [0, 0.05) is 23.6 Å². The highest BCUT2D eigenvalue weighted by Gasteiger charge is 2.25. The second-order valence-electron chi connectivity index (χ2n) is 4.22. The van der Waals surface area contributed by atoms with Crippen molar-refractivity contribution in [3.63, 3.8) is 0 Å². The molecule has 0 saturated carbocycles. The van der Waals surface area contributed by atoms with E-state index in [2.05, 4.69) is 5.32 Å². The van der Waals surface area contributed by atoms with Crippen LogP contribution in [-0.2, 0) is 0 Å². The quantitative estimate of drug-likeness (QED) is 0.660. The summed E-state index contributed by atoms with van der Waals surface area (Å²) in [4.78, 5) is 10.4. The Balaban J connectivity index is 3.21. The van der Waals surface area contributed by atoms with Crippen LogP contribution in [0.2, 0.25) is 5.02 Å². The SMILES string of the molecule is CCNC(C)C(C)c1cc(F)c(Cl)cc1[N+](=O)[O-]. The first-order valence-corrected chi connectivity index (χ1v) is 6.13. The molecule has 2 atom stereocenters. The maximum Gasteiger partial charge on any atom is 0.274 e. The fraction of sp³-hybridized carbons (Fsp3) is 0.500. The van der Waals surface area contributed by atoms with Crippen LogP contribution in [0.4, 0.5) is 10.1 Å². The van der Waals surface area contributed by atoms with Gasteiger partial charge in [-0.1, -0.05) is 25.4 Å². The maximum absolute atomic E-state index is 13.5. The summed E-state index contributed by atoms with van der Waals surface area (Å²) in [5.41, 5.74) is 0.217. The summed E-state index contributed by atoms with van der Waals surface area (Å²) in [7, 11) is 0. The molecule has 0 heterocycles. The lowest BCUT2D eigenvalue weighted by Crippen LogP contribution is -2.31. The molecule has 2 unspecified atom stereocenters. The van der Waals surface area contributed by atoms with Gasteiger partial charge in [0.1, 0.15) is 5.82 Å². The molecular weight excluding hydrogens is 259 g/mol. The van der Waals surface area contributed by atoms with E-state index in [0.29, 0.717) is 5.56 Å². The molecule has 0 aliphatic rings. The molecule has 1 N–H and O–H groups in total. The zero-order valence-corrected chi connectivity index (χ0v) is 11.3. The summed E-state index contributed by atoms with van der Waals surface area (Å²) in [6.45, 7) is 6.42. The molecule has 4 nitrogen and oxygen atoms in total. The summed E-state index contributed by atoms with van der Waals surface area (Å²) in [5, 5.41) is 13.9. The molecule has 0 aliphatic carbocycles. The Morgan fingerprint density at radius 2 is 2.11 bits per heavy atom. The first kappa shape index (κ1) is 14.9. The van der Waals surface area contributed by atoms with Gasteiger partial charge in [-0.25, -0.2) is 4.39 Å². The Hall–Kier alpha value is -1.20.